The van der Waals surface area contributed by atoms with Crippen molar-refractivity contribution in [1.82, 2.24) is 10.2 Å². The normalized spacial score (nSPS) is 35.3. The molecule has 2 aliphatic carbocycles. The molecule has 1 amide bonds. The van der Waals surface area contributed by atoms with Crippen LogP contribution in [-0.4, -0.2) is 67.7 Å². The molecule has 2 aliphatic heterocycles. The molecule has 0 unspecified atom stereocenters. The highest BCUT2D eigenvalue weighted by Crippen LogP contribution is 2.65. The molecule has 0 aromatic heterocycles. The molecule has 0 aromatic carbocycles. The van der Waals surface area contributed by atoms with E-state index >= 15 is 0 Å². The summed E-state index contributed by atoms with van der Waals surface area (Å²) in [7, 11) is 0. The van der Waals surface area contributed by atoms with Gasteiger partial charge in [0.2, 0.25) is 0 Å². The van der Waals surface area contributed by atoms with Crippen molar-refractivity contribution < 1.29 is 32.6 Å². The summed E-state index contributed by atoms with van der Waals surface area (Å²) in [5.74, 6) is -1.31. The number of halogens is 7. The molecular weight excluding hydrogens is 519 g/mol. The molecule has 13 heteroatoms. The van der Waals surface area contributed by atoms with E-state index < -0.39 is 22.1 Å². The lowest BCUT2D eigenvalue weighted by Gasteiger charge is -2.30. The highest BCUT2D eigenvalue weighted by Gasteiger charge is 2.71. The predicted molar refractivity (Wildman–Crippen MR) is 116 cm³/mol. The first-order valence-corrected chi connectivity index (χ1v) is 11.5. The minimum absolute atomic E-state index is 0.0647. The smallest absolute Gasteiger partial charge is 0.475 e. The Morgan fingerprint density at radius 1 is 1.03 bits per heavy atom. The molecule has 2 saturated carbocycles. The van der Waals surface area contributed by atoms with E-state index in [1.807, 2.05) is 27.7 Å². The molecule has 4 aliphatic rings. The number of aliphatic carboxylic acids is 1. The summed E-state index contributed by atoms with van der Waals surface area (Å²) < 4.78 is 36.1. The molecule has 6 atom stereocenters. The second-order valence-corrected chi connectivity index (χ2v) is 12.4. The molecule has 2 heterocycles. The lowest BCUT2D eigenvalue weighted by atomic mass is 10.2. The van der Waals surface area contributed by atoms with Gasteiger partial charge in [0, 0.05) is 48.8 Å². The highest BCUT2D eigenvalue weighted by atomic mass is 35.5. The molecule has 32 heavy (non-hydrogen) atoms. The highest BCUT2D eigenvalue weighted by molar-refractivity contribution is 6.51. The second kappa shape index (κ2) is 9.02. The first-order valence-electron chi connectivity index (χ1n) is 10.0. The van der Waals surface area contributed by atoms with E-state index in [9.17, 15) is 18.0 Å². The third-order valence-corrected chi connectivity index (χ3v) is 8.13. The fourth-order valence-electron chi connectivity index (χ4n) is 4.24. The molecule has 4 fully saturated rings. The Morgan fingerprint density at radius 3 is 1.75 bits per heavy atom. The van der Waals surface area contributed by atoms with Gasteiger partial charge in [-0.05, 0) is 34.6 Å². The molecule has 2 N–H and O–H groups in total. The third-order valence-electron chi connectivity index (χ3n) is 6.00. The molecule has 0 spiro atoms. The van der Waals surface area contributed by atoms with Crippen LogP contribution in [0.4, 0.5) is 18.0 Å². The number of amides is 1. The monoisotopic (exact) mass is 544 g/mol. The summed E-state index contributed by atoms with van der Waals surface area (Å²) in [6.07, 6.45) is -5.35. The van der Waals surface area contributed by atoms with Crippen LogP contribution in [0.15, 0.2) is 0 Å². The maximum Gasteiger partial charge on any atom is 0.490 e. The van der Waals surface area contributed by atoms with E-state index in [1.165, 1.54) is 0 Å². The van der Waals surface area contributed by atoms with Gasteiger partial charge in [-0.25, -0.2) is 9.59 Å². The van der Waals surface area contributed by atoms with Crippen molar-refractivity contribution >= 4 is 58.5 Å². The number of nitrogens with zero attached hydrogens (tertiary/aromatic N) is 1. The van der Waals surface area contributed by atoms with Gasteiger partial charge < -0.3 is 20.1 Å². The van der Waals surface area contributed by atoms with Crippen molar-refractivity contribution in [2.45, 2.75) is 67.1 Å². The number of carbonyl (C=O) groups is 2. The summed E-state index contributed by atoms with van der Waals surface area (Å²) in [6, 6.07) is 0.583. The number of alkyl halides is 7. The summed E-state index contributed by atoms with van der Waals surface area (Å²) in [4.78, 5) is 22.5. The van der Waals surface area contributed by atoms with Gasteiger partial charge in [-0.3, -0.25) is 0 Å². The predicted octanol–water partition coefficient (Wildman–Crippen LogP) is 5.08. The Labute approximate surface area is 205 Å². The molecule has 6 nitrogen and oxygen atoms in total. The maximum atomic E-state index is 11.9. The molecule has 2 saturated heterocycles. The van der Waals surface area contributed by atoms with Crippen molar-refractivity contribution in [2.24, 2.45) is 23.7 Å². The second-order valence-electron chi connectivity index (χ2n) is 9.49. The van der Waals surface area contributed by atoms with Crippen LogP contribution in [0.25, 0.3) is 0 Å². The van der Waals surface area contributed by atoms with Gasteiger partial charge in [-0.2, -0.15) is 13.2 Å². The van der Waals surface area contributed by atoms with Crippen LogP contribution in [0.5, 0.6) is 0 Å². The van der Waals surface area contributed by atoms with Crippen LogP contribution in [0, 0.1) is 23.7 Å². The lowest BCUT2D eigenvalue weighted by molar-refractivity contribution is -0.192. The van der Waals surface area contributed by atoms with Crippen LogP contribution in [0.2, 0.25) is 0 Å². The molecule has 0 bridgehead atoms. The Hall–Kier alpha value is -0.350. The van der Waals surface area contributed by atoms with E-state index in [-0.39, 0.29) is 28.3 Å². The van der Waals surface area contributed by atoms with Crippen LogP contribution in [-0.2, 0) is 9.53 Å². The van der Waals surface area contributed by atoms with Crippen molar-refractivity contribution in [3.05, 3.63) is 0 Å². The number of rotatable bonds is 0. The third kappa shape index (κ3) is 6.01. The van der Waals surface area contributed by atoms with Crippen molar-refractivity contribution in [3.8, 4) is 0 Å². The van der Waals surface area contributed by atoms with E-state index in [2.05, 4.69) is 12.2 Å². The van der Waals surface area contributed by atoms with Gasteiger partial charge in [0.15, 0.2) is 0 Å². The fourth-order valence-corrected chi connectivity index (χ4v) is 6.18. The van der Waals surface area contributed by atoms with Crippen molar-refractivity contribution in [2.75, 3.05) is 13.1 Å². The number of carboxylic acid groups (broad SMARTS) is 1. The molecule has 4 rings (SSSR count). The van der Waals surface area contributed by atoms with Crippen molar-refractivity contribution in [1.29, 1.82) is 0 Å². The summed E-state index contributed by atoms with van der Waals surface area (Å²) in [6.45, 7) is 11.3. The average molecular weight is 546 g/mol. The lowest BCUT2D eigenvalue weighted by Crippen LogP contribution is -2.42. The largest absolute Gasteiger partial charge is 0.490 e. The number of fused-ring (bicyclic) bond motifs is 2. The maximum absolute atomic E-state index is 11.9. The van der Waals surface area contributed by atoms with Crippen LogP contribution in [0.3, 0.4) is 0 Å². The minimum atomic E-state index is -5.08. The number of piperidine rings is 2. The Bertz CT molecular complexity index is 745. The SMILES string of the molecule is C[C@@H]1[C@@H]2[C@H](CN1C(=O)OC(C)(C)C)C2(Cl)Cl.C[C@H]1NC[C@H]2[C@@H]1C2(Cl)Cl.O=C(O)C(F)(F)F. The van der Waals surface area contributed by atoms with E-state index in [4.69, 9.17) is 61.0 Å². The number of hydrogen-bond donors (Lipinski definition) is 2. The molecule has 186 valence electrons. The van der Waals surface area contributed by atoms with Crippen LogP contribution < -0.4 is 5.32 Å². The van der Waals surface area contributed by atoms with Crippen LogP contribution in [0.1, 0.15) is 34.6 Å². The van der Waals surface area contributed by atoms with Gasteiger partial charge in [0.05, 0.1) is 0 Å². The van der Waals surface area contributed by atoms with Gasteiger partial charge in [-0.1, -0.05) is 0 Å². The number of carboxylic acids is 1. The number of likely N-dealkylation sites (tertiary alicyclic amines) is 1. The van der Waals surface area contributed by atoms with E-state index in [0.29, 0.717) is 24.4 Å². The quantitative estimate of drug-likeness (QED) is 0.415. The Balaban J connectivity index is 0.000000191. The average Bonchev–Trinajstić information content (AvgIpc) is 3.09. The zero-order chi connectivity index (χ0) is 25.0. The number of nitrogens with one attached hydrogen (secondary N) is 1. The van der Waals surface area contributed by atoms with E-state index in [1.54, 1.807) is 4.90 Å². The zero-order valence-corrected chi connectivity index (χ0v) is 21.2. The minimum Gasteiger partial charge on any atom is -0.475 e. The topological polar surface area (TPSA) is 78.9 Å². The summed E-state index contributed by atoms with van der Waals surface area (Å²) in [5, 5.41) is 10.4. The molecular formula is C19H27Cl4F3N2O4. The van der Waals surface area contributed by atoms with Gasteiger partial charge >= 0.3 is 18.2 Å². The molecule has 0 radical (unpaired) electrons. The summed E-state index contributed by atoms with van der Waals surface area (Å²) >= 11 is 24.0. The van der Waals surface area contributed by atoms with Gasteiger partial charge in [-0.15, -0.1) is 46.4 Å². The molecule has 0 aromatic rings. The summed E-state index contributed by atoms with van der Waals surface area (Å²) in [5.41, 5.74) is -0.456. The Morgan fingerprint density at radius 2 is 1.50 bits per heavy atom. The number of carbonyl (C=O) groups excluding carboxylic acids is 1. The van der Waals surface area contributed by atoms with Gasteiger partial charge in [0.25, 0.3) is 0 Å². The standard InChI is InChI=1S/C11H17Cl2NO2.C6H9Cl2N.C2HF3O2/c1-6-8-7(11(8,12)13)5-14(6)9(15)16-10(2,3)4;1-3-5-4(2-9-3)6(5,7)8;3-2(4,5)1(6)7/h6-8H,5H2,1-4H3;3-5,9H,2H2,1H3;(H,6,7)/t6-,7+,8-;3-,4+,5-;/m11./s1. The first-order chi connectivity index (χ1) is 14.2. The zero-order valence-electron chi connectivity index (χ0n) is 18.1. The Kier molecular flexibility index (Phi) is 7.86. The van der Waals surface area contributed by atoms with Gasteiger partial charge in [0.1, 0.15) is 14.3 Å². The number of ether oxygens (including phenoxy) is 1. The fraction of sp³-hybridized carbons (Fsp3) is 0.895. The van der Waals surface area contributed by atoms with Crippen molar-refractivity contribution in [3.63, 3.8) is 0 Å². The van der Waals surface area contributed by atoms with Crippen LogP contribution >= 0.6 is 46.4 Å². The van der Waals surface area contributed by atoms with E-state index in [0.717, 1.165) is 6.54 Å². The first kappa shape index (κ1) is 27.9. The number of hydrogen-bond acceptors (Lipinski definition) is 4.